The van der Waals surface area contributed by atoms with Gasteiger partial charge in [0.25, 0.3) is 0 Å². The van der Waals surface area contributed by atoms with E-state index in [2.05, 4.69) is 21.1 Å². The molecule has 0 bridgehead atoms. The Labute approximate surface area is 133 Å². The SMILES string of the molecule is Nc1noc(-c2c(F)cccc2Cl)c1-c1cccc(Br)c1. The van der Waals surface area contributed by atoms with E-state index in [0.29, 0.717) is 5.56 Å². The van der Waals surface area contributed by atoms with Crippen LogP contribution in [-0.4, -0.2) is 5.16 Å². The summed E-state index contributed by atoms with van der Waals surface area (Å²) in [5.74, 6) is -0.0917. The van der Waals surface area contributed by atoms with Crippen LogP contribution in [0.5, 0.6) is 0 Å². The lowest BCUT2D eigenvalue weighted by atomic mass is 10.0. The number of hydrogen-bond donors (Lipinski definition) is 1. The Balaban J connectivity index is 2.27. The van der Waals surface area contributed by atoms with Crippen LogP contribution in [0.15, 0.2) is 51.5 Å². The maximum absolute atomic E-state index is 14.1. The number of nitrogens with two attached hydrogens (primary N) is 1. The van der Waals surface area contributed by atoms with Crippen LogP contribution in [-0.2, 0) is 0 Å². The maximum Gasteiger partial charge on any atom is 0.181 e. The van der Waals surface area contributed by atoms with Gasteiger partial charge in [-0.3, -0.25) is 0 Å². The van der Waals surface area contributed by atoms with Crippen molar-refractivity contribution in [3.63, 3.8) is 0 Å². The van der Waals surface area contributed by atoms with Crippen LogP contribution in [0.3, 0.4) is 0 Å². The fraction of sp³-hybridized carbons (Fsp3) is 0. The Morgan fingerprint density at radius 3 is 2.62 bits per heavy atom. The molecule has 0 spiro atoms. The molecule has 0 radical (unpaired) electrons. The number of nitrogen functional groups attached to an aromatic ring is 1. The third-order valence-corrected chi connectivity index (χ3v) is 3.83. The molecule has 3 nitrogen and oxygen atoms in total. The summed E-state index contributed by atoms with van der Waals surface area (Å²) in [6.07, 6.45) is 0. The molecular formula is C15H9BrClFN2O. The zero-order valence-corrected chi connectivity index (χ0v) is 13.0. The number of aromatic nitrogens is 1. The van der Waals surface area contributed by atoms with Gasteiger partial charge < -0.3 is 10.3 Å². The van der Waals surface area contributed by atoms with Gasteiger partial charge in [0.2, 0.25) is 0 Å². The normalized spacial score (nSPS) is 10.8. The lowest BCUT2D eigenvalue weighted by Gasteiger charge is -2.06. The third kappa shape index (κ3) is 2.54. The summed E-state index contributed by atoms with van der Waals surface area (Å²) in [4.78, 5) is 0. The zero-order chi connectivity index (χ0) is 15.0. The standard InChI is InChI=1S/C15H9BrClFN2O/c16-9-4-1-3-8(7-9)12-14(21-20-15(12)19)13-10(17)5-2-6-11(13)18/h1-7H,(H2,19,20). The molecule has 0 amide bonds. The minimum Gasteiger partial charge on any atom is -0.380 e. The van der Waals surface area contributed by atoms with Crippen LogP contribution >= 0.6 is 27.5 Å². The Morgan fingerprint density at radius 2 is 1.90 bits per heavy atom. The van der Waals surface area contributed by atoms with E-state index in [1.165, 1.54) is 12.1 Å². The topological polar surface area (TPSA) is 52.0 Å². The van der Waals surface area contributed by atoms with Crippen LogP contribution in [0.4, 0.5) is 10.2 Å². The summed E-state index contributed by atoms with van der Waals surface area (Å²) in [6, 6.07) is 11.8. The van der Waals surface area contributed by atoms with Gasteiger partial charge in [0, 0.05) is 4.47 Å². The molecular weight excluding hydrogens is 359 g/mol. The number of rotatable bonds is 2. The van der Waals surface area contributed by atoms with E-state index in [9.17, 15) is 4.39 Å². The first-order chi connectivity index (χ1) is 10.1. The van der Waals surface area contributed by atoms with Gasteiger partial charge in [-0.15, -0.1) is 0 Å². The molecule has 3 rings (SSSR count). The second-order valence-electron chi connectivity index (χ2n) is 4.38. The molecule has 21 heavy (non-hydrogen) atoms. The summed E-state index contributed by atoms with van der Waals surface area (Å²) in [5, 5.41) is 3.98. The monoisotopic (exact) mass is 366 g/mol. The van der Waals surface area contributed by atoms with Gasteiger partial charge in [0.15, 0.2) is 11.6 Å². The van der Waals surface area contributed by atoms with Crippen molar-refractivity contribution in [3.8, 4) is 22.5 Å². The highest BCUT2D eigenvalue weighted by Gasteiger charge is 2.22. The number of nitrogens with zero attached hydrogens (tertiary/aromatic N) is 1. The molecule has 0 atom stereocenters. The molecule has 2 aromatic carbocycles. The predicted molar refractivity (Wildman–Crippen MR) is 84.5 cm³/mol. The van der Waals surface area contributed by atoms with Gasteiger partial charge >= 0.3 is 0 Å². The average Bonchev–Trinajstić information content (AvgIpc) is 2.80. The molecule has 0 fully saturated rings. The van der Waals surface area contributed by atoms with E-state index in [4.69, 9.17) is 21.9 Å². The molecule has 2 N–H and O–H groups in total. The minimum atomic E-state index is -0.491. The van der Waals surface area contributed by atoms with Gasteiger partial charge in [-0.2, -0.15) is 0 Å². The van der Waals surface area contributed by atoms with Crippen LogP contribution in [0.25, 0.3) is 22.5 Å². The molecule has 6 heteroatoms. The first-order valence-electron chi connectivity index (χ1n) is 6.03. The summed E-state index contributed by atoms with van der Waals surface area (Å²) in [6.45, 7) is 0. The van der Waals surface area contributed by atoms with Crippen molar-refractivity contribution in [3.05, 3.63) is 57.8 Å². The lowest BCUT2D eigenvalue weighted by Crippen LogP contribution is -1.90. The maximum atomic E-state index is 14.1. The highest BCUT2D eigenvalue weighted by Crippen LogP contribution is 2.41. The van der Waals surface area contributed by atoms with Crippen LogP contribution in [0, 0.1) is 5.82 Å². The van der Waals surface area contributed by atoms with Gasteiger partial charge in [-0.1, -0.05) is 50.9 Å². The molecule has 0 saturated carbocycles. The Morgan fingerprint density at radius 1 is 1.14 bits per heavy atom. The van der Waals surface area contributed by atoms with E-state index in [0.717, 1.165) is 10.0 Å². The minimum absolute atomic E-state index is 0.151. The molecule has 0 unspecified atom stereocenters. The molecule has 0 aliphatic heterocycles. The predicted octanol–water partition coefficient (Wildman–Crippen LogP) is 5.15. The quantitative estimate of drug-likeness (QED) is 0.682. The van der Waals surface area contributed by atoms with Crippen LogP contribution < -0.4 is 5.73 Å². The molecule has 0 aliphatic carbocycles. The van der Waals surface area contributed by atoms with E-state index in [1.807, 2.05) is 24.3 Å². The van der Waals surface area contributed by atoms with E-state index < -0.39 is 5.82 Å². The van der Waals surface area contributed by atoms with Crippen LogP contribution in [0.1, 0.15) is 0 Å². The summed E-state index contributed by atoms with van der Waals surface area (Å²) in [5.41, 5.74) is 7.30. The lowest BCUT2D eigenvalue weighted by molar-refractivity contribution is 0.433. The number of hydrogen-bond acceptors (Lipinski definition) is 3. The largest absolute Gasteiger partial charge is 0.380 e. The molecule has 0 aliphatic rings. The van der Waals surface area contributed by atoms with Crippen molar-refractivity contribution < 1.29 is 8.91 Å². The molecule has 3 aromatic rings. The smallest absolute Gasteiger partial charge is 0.181 e. The van der Waals surface area contributed by atoms with Gasteiger partial charge in [-0.05, 0) is 29.8 Å². The van der Waals surface area contributed by atoms with Gasteiger partial charge in [-0.25, -0.2) is 4.39 Å². The fourth-order valence-corrected chi connectivity index (χ4v) is 2.76. The average molecular weight is 368 g/mol. The van der Waals surface area contributed by atoms with Crippen molar-refractivity contribution in [2.45, 2.75) is 0 Å². The van der Waals surface area contributed by atoms with Crippen molar-refractivity contribution >= 4 is 33.3 Å². The second kappa shape index (κ2) is 5.50. The summed E-state index contributed by atoms with van der Waals surface area (Å²) in [7, 11) is 0. The Hall–Kier alpha value is -1.85. The van der Waals surface area contributed by atoms with E-state index in [-0.39, 0.29) is 22.2 Å². The van der Waals surface area contributed by atoms with Gasteiger partial charge in [0.05, 0.1) is 16.1 Å². The Bertz CT molecular complexity index is 799. The fourth-order valence-electron chi connectivity index (χ4n) is 2.11. The highest BCUT2D eigenvalue weighted by molar-refractivity contribution is 9.10. The molecule has 106 valence electrons. The summed E-state index contributed by atoms with van der Waals surface area (Å²) < 4.78 is 20.2. The first kappa shape index (κ1) is 14.1. The second-order valence-corrected chi connectivity index (χ2v) is 5.70. The molecule has 1 aromatic heterocycles. The third-order valence-electron chi connectivity index (χ3n) is 3.02. The molecule has 1 heterocycles. The summed E-state index contributed by atoms with van der Waals surface area (Å²) >= 11 is 9.48. The van der Waals surface area contributed by atoms with Crippen molar-refractivity contribution in [2.75, 3.05) is 5.73 Å². The Kier molecular flexibility index (Phi) is 3.69. The van der Waals surface area contributed by atoms with Crippen molar-refractivity contribution in [2.24, 2.45) is 0 Å². The van der Waals surface area contributed by atoms with Crippen molar-refractivity contribution in [1.29, 1.82) is 0 Å². The number of anilines is 1. The van der Waals surface area contributed by atoms with Crippen LogP contribution in [0.2, 0.25) is 5.02 Å². The number of benzene rings is 2. The van der Waals surface area contributed by atoms with E-state index >= 15 is 0 Å². The molecule has 0 saturated heterocycles. The van der Waals surface area contributed by atoms with Crippen molar-refractivity contribution in [1.82, 2.24) is 5.16 Å². The highest BCUT2D eigenvalue weighted by atomic mass is 79.9. The van der Waals surface area contributed by atoms with Gasteiger partial charge in [0.1, 0.15) is 5.82 Å². The number of halogens is 3. The first-order valence-corrected chi connectivity index (χ1v) is 7.20. The van der Waals surface area contributed by atoms with E-state index in [1.54, 1.807) is 6.07 Å². The zero-order valence-electron chi connectivity index (χ0n) is 10.6.